The summed E-state index contributed by atoms with van der Waals surface area (Å²) in [5.74, 6) is 5.38. The van der Waals surface area contributed by atoms with E-state index in [1.165, 1.54) is 6.33 Å². The molecule has 0 radical (unpaired) electrons. The lowest BCUT2D eigenvalue weighted by molar-refractivity contribution is 0.356. The molecule has 26 heavy (non-hydrogen) atoms. The molecule has 0 amide bonds. The van der Waals surface area contributed by atoms with E-state index in [0.29, 0.717) is 28.8 Å². The lowest BCUT2D eigenvalue weighted by atomic mass is 10.2. The number of hydrogen-bond donors (Lipinski definition) is 2. The van der Waals surface area contributed by atoms with Gasteiger partial charge in [-0.15, -0.1) is 0 Å². The number of fused-ring (bicyclic) bond motifs is 1. The number of hydrogen-bond acceptors (Lipinski definition) is 6. The molecule has 1 atom stereocenters. The fourth-order valence-corrected chi connectivity index (χ4v) is 3.14. The summed E-state index contributed by atoms with van der Waals surface area (Å²) < 4.78 is 22.4. The Labute approximate surface area is 152 Å². The van der Waals surface area contributed by atoms with Gasteiger partial charge in [-0.1, -0.05) is 12.1 Å². The number of ether oxygens (including phenoxy) is 2. The number of nitrogens with one attached hydrogen (secondary N) is 1. The molecule has 0 saturated carbocycles. The molecule has 0 saturated heterocycles. The molecule has 2 aromatic carbocycles. The van der Waals surface area contributed by atoms with Crippen LogP contribution in [0.4, 0.5) is 5.82 Å². The van der Waals surface area contributed by atoms with Crippen molar-refractivity contribution in [1.82, 2.24) is 9.97 Å². The van der Waals surface area contributed by atoms with Gasteiger partial charge in [-0.05, 0) is 29.6 Å². The Morgan fingerprint density at radius 2 is 1.77 bits per heavy atom. The summed E-state index contributed by atoms with van der Waals surface area (Å²) in [6.45, 7) is 0.531. The summed E-state index contributed by atoms with van der Waals surface area (Å²) in [5.41, 5.74) is 1.74. The Morgan fingerprint density at radius 3 is 2.38 bits per heavy atom. The molecule has 1 unspecified atom stereocenters. The van der Waals surface area contributed by atoms with Crippen molar-refractivity contribution >= 4 is 32.3 Å². The SMILES string of the molecule is C=S(N)(=O)c1ccc(CNc2ncnc3cc(OC)c(OC)cc23)cc1. The quantitative estimate of drug-likeness (QED) is 0.644. The van der Waals surface area contributed by atoms with Crippen LogP contribution in [0, 0.1) is 0 Å². The molecule has 8 heteroatoms. The third kappa shape index (κ3) is 3.71. The van der Waals surface area contributed by atoms with Crippen LogP contribution in [-0.4, -0.2) is 34.3 Å². The van der Waals surface area contributed by atoms with Gasteiger partial charge in [0.15, 0.2) is 11.5 Å². The lowest BCUT2D eigenvalue weighted by Crippen LogP contribution is -2.11. The van der Waals surface area contributed by atoms with E-state index >= 15 is 0 Å². The molecular formula is C18H20N4O3S. The first-order valence-corrected chi connectivity index (χ1v) is 9.56. The van der Waals surface area contributed by atoms with E-state index in [1.807, 2.05) is 24.3 Å². The van der Waals surface area contributed by atoms with Crippen LogP contribution >= 0.6 is 0 Å². The Hall–Kier alpha value is -2.84. The number of nitrogens with two attached hydrogens (primary N) is 1. The smallest absolute Gasteiger partial charge is 0.162 e. The number of methoxy groups -OCH3 is 2. The predicted octanol–water partition coefficient (Wildman–Crippen LogP) is 2.21. The van der Waals surface area contributed by atoms with Crippen LogP contribution < -0.4 is 19.9 Å². The predicted molar refractivity (Wildman–Crippen MR) is 104 cm³/mol. The maximum Gasteiger partial charge on any atom is 0.162 e. The molecule has 136 valence electrons. The number of benzene rings is 2. The highest BCUT2D eigenvalue weighted by Gasteiger charge is 2.11. The molecule has 3 N–H and O–H groups in total. The second-order valence-corrected chi connectivity index (χ2v) is 7.59. The zero-order valence-electron chi connectivity index (χ0n) is 14.6. The van der Waals surface area contributed by atoms with Gasteiger partial charge >= 0.3 is 0 Å². The van der Waals surface area contributed by atoms with Crippen molar-refractivity contribution in [3.8, 4) is 11.5 Å². The van der Waals surface area contributed by atoms with Crippen LogP contribution in [0.3, 0.4) is 0 Å². The number of nitrogens with zero attached hydrogens (tertiary/aromatic N) is 2. The van der Waals surface area contributed by atoms with Crippen molar-refractivity contribution in [2.45, 2.75) is 11.4 Å². The molecule has 0 aliphatic carbocycles. The zero-order valence-corrected chi connectivity index (χ0v) is 15.4. The summed E-state index contributed by atoms with van der Waals surface area (Å²) in [6.07, 6.45) is 1.49. The molecule has 1 aromatic heterocycles. The molecule has 0 aliphatic heterocycles. The van der Waals surface area contributed by atoms with Crippen molar-refractivity contribution in [3.05, 3.63) is 48.3 Å². The molecule has 7 nitrogen and oxygen atoms in total. The van der Waals surface area contributed by atoms with E-state index in [4.69, 9.17) is 14.6 Å². The first kappa shape index (κ1) is 18.0. The fraction of sp³-hybridized carbons (Fsp3) is 0.167. The van der Waals surface area contributed by atoms with E-state index in [2.05, 4.69) is 21.2 Å². The van der Waals surface area contributed by atoms with Gasteiger partial charge in [-0.3, -0.25) is 5.14 Å². The third-order valence-corrected chi connectivity index (χ3v) is 4.99. The van der Waals surface area contributed by atoms with E-state index < -0.39 is 9.71 Å². The monoisotopic (exact) mass is 372 g/mol. The second-order valence-electron chi connectivity index (χ2n) is 5.67. The van der Waals surface area contributed by atoms with Crippen molar-refractivity contribution in [3.63, 3.8) is 0 Å². The first-order chi connectivity index (χ1) is 12.4. The standard InChI is InChI=1S/C18H20N4O3S/c1-24-16-8-14-15(9-17(16)25-2)21-11-22-18(14)20-10-12-4-6-13(7-5-12)26(3,19)23/h4-9,11H,3,10H2,1-2H3,(H2,19,23)(H,20,21,22). The van der Waals surface area contributed by atoms with E-state index in [0.717, 1.165) is 16.5 Å². The van der Waals surface area contributed by atoms with Gasteiger partial charge in [0.05, 0.1) is 29.4 Å². The Kier molecular flexibility index (Phi) is 4.97. The third-order valence-electron chi connectivity index (χ3n) is 3.92. The topological polar surface area (TPSA) is 99.4 Å². The Bertz CT molecular complexity index is 1030. The van der Waals surface area contributed by atoms with Crippen LogP contribution in [0.25, 0.3) is 10.9 Å². The first-order valence-electron chi connectivity index (χ1n) is 7.77. The number of aromatic nitrogens is 2. The largest absolute Gasteiger partial charge is 0.493 e. The van der Waals surface area contributed by atoms with Gasteiger partial charge in [0.2, 0.25) is 0 Å². The molecule has 0 spiro atoms. The molecule has 1 heterocycles. The molecular weight excluding hydrogens is 352 g/mol. The van der Waals surface area contributed by atoms with E-state index in [-0.39, 0.29) is 0 Å². The molecule has 3 aromatic rings. The fourth-order valence-electron chi connectivity index (χ4n) is 2.55. The van der Waals surface area contributed by atoms with E-state index in [9.17, 15) is 4.21 Å². The zero-order chi connectivity index (χ0) is 18.7. The second kappa shape index (κ2) is 7.19. The van der Waals surface area contributed by atoms with Crippen molar-refractivity contribution < 1.29 is 13.7 Å². The Balaban J connectivity index is 1.87. The highest BCUT2D eigenvalue weighted by Crippen LogP contribution is 2.33. The molecule has 3 rings (SSSR count). The van der Waals surface area contributed by atoms with Gasteiger partial charge in [-0.2, -0.15) is 0 Å². The maximum atomic E-state index is 11.8. The highest BCUT2D eigenvalue weighted by atomic mass is 32.2. The Morgan fingerprint density at radius 1 is 1.12 bits per heavy atom. The van der Waals surface area contributed by atoms with Gasteiger partial charge in [0, 0.05) is 22.9 Å². The number of rotatable bonds is 6. The van der Waals surface area contributed by atoms with Crippen molar-refractivity contribution in [2.75, 3.05) is 19.5 Å². The summed E-state index contributed by atoms with van der Waals surface area (Å²) in [4.78, 5) is 9.11. The average Bonchev–Trinajstić information content (AvgIpc) is 2.64. The average molecular weight is 372 g/mol. The van der Waals surface area contributed by atoms with Crippen LogP contribution in [0.2, 0.25) is 0 Å². The summed E-state index contributed by atoms with van der Waals surface area (Å²) >= 11 is 0. The maximum absolute atomic E-state index is 11.8. The van der Waals surface area contributed by atoms with Crippen molar-refractivity contribution in [1.29, 1.82) is 0 Å². The van der Waals surface area contributed by atoms with Gasteiger partial charge in [0.25, 0.3) is 0 Å². The van der Waals surface area contributed by atoms with E-state index in [1.54, 1.807) is 26.4 Å². The normalized spacial score (nSPS) is 13.2. The summed E-state index contributed by atoms with van der Waals surface area (Å²) in [7, 11) is 0.469. The summed E-state index contributed by atoms with van der Waals surface area (Å²) in [6, 6.07) is 10.8. The minimum atomic E-state index is -2.70. The molecule has 0 fully saturated rings. The van der Waals surface area contributed by atoms with Crippen LogP contribution in [0.5, 0.6) is 11.5 Å². The minimum absolute atomic E-state index is 0.519. The van der Waals surface area contributed by atoms with Crippen LogP contribution in [0.1, 0.15) is 5.56 Å². The highest BCUT2D eigenvalue weighted by molar-refractivity contribution is 7.98. The lowest BCUT2D eigenvalue weighted by Gasteiger charge is -2.12. The van der Waals surface area contributed by atoms with Gasteiger partial charge < -0.3 is 14.8 Å². The number of anilines is 1. The molecule has 0 bridgehead atoms. The minimum Gasteiger partial charge on any atom is -0.493 e. The van der Waals surface area contributed by atoms with Crippen LogP contribution in [0.15, 0.2) is 47.6 Å². The van der Waals surface area contributed by atoms with Gasteiger partial charge in [-0.25, -0.2) is 14.2 Å². The van der Waals surface area contributed by atoms with Gasteiger partial charge in [0.1, 0.15) is 12.1 Å². The summed E-state index contributed by atoms with van der Waals surface area (Å²) in [5, 5.41) is 9.66. The van der Waals surface area contributed by atoms with Crippen LogP contribution in [-0.2, 0) is 16.3 Å². The molecule has 0 aliphatic rings. The van der Waals surface area contributed by atoms with Crippen molar-refractivity contribution in [2.24, 2.45) is 5.14 Å².